The van der Waals surface area contributed by atoms with Crippen LogP contribution in [0.25, 0.3) is 11.1 Å². The summed E-state index contributed by atoms with van der Waals surface area (Å²) in [5.41, 5.74) is 4.43. The van der Waals surface area contributed by atoms with Crippen molar-refractivity contribution in [2.75, 3.05) is 6.61 Å². The third-order valence-electron chi connectivity index (χ3n) is 2.32. The molecule has 72 valence electrons. The lowest BCUT2D eigenvalue weighted by atomic mass is 10.3. The van der Waals surface area contributed by atoms with E-state index in [0.717, 1.165) is 12.8 Å². The van der Waals surface area contributed by atoms with Gasteiger partial charge in [-0.2, -0.15) is 0 Å². The molecule has 13 heavy (non-hydrogen) atoms. The van der Waals surface area contributed by atoms with Gasteiger partial charge in [-0.3, -0.25) is 0 Å². The number of aryl methyl sites for hydroxylation is 1. The van der Waals surface area contributed by atoms with Crippen LogP contribution in [-0.4, -0.2) is 11.7 Å². The number of unbranched alkanes of at least 4 members (excludes halogenated alkanes) is 2. The monoisotopic (exact) mass is 178 g/mol. The van der Waals surface area contributed by atoms with Crippen molar-refractivity contribution in [3.8, 4) is 11.1 Å². The minimum absolute atomic E-state index is 0.355. The standard InChI is InChI=1S/C7H6.C5H12O/c1-5-6-3-2-4-7(5)6;1-2-3-4-5-6/h2-4H,1H3;6H,2-5H2,1H3. The van der Waals surface area contributed by atoms with Crippen LogP contribution < -0.4 is 0 Å². The van der Waals surface area contributed by atoms with Gasteiger partial charge in [-0.05, 0) is 30.0 Å². The minimum atomic E-state index is 0.355. The molecule has 0 saturated heterocycles. The van der Waals surface area contributed by atoms with E-state index in [0.29, 0.717) is 6.61 Å². The van der Waals surface area contributed by atoms with E-state index < -0.39 is 0 Å². The Morgan fingerprint density at radius 3 is 2.00 bits per heavy atom. The molecular weight excluding hydrogens is 160 g/mol. The van der Waals surface area contributed by atoms with Gasteiger partial charge in [0.1, 0.15) is 0 Å². The zero-order valence-corrected chi connectivity index (χ0v) is 8.51. The lowest BCUT2D eigenvalue weighted by Gasteiger charge is -1.85. The van der Waals surface area contributed by atoms with E-state index in [1.54, 1.807) is 0 Å². The molecule has 0 fully saturated rings. The van der Waals surface area contributed by atoms with Gasteiger partial charge in [-0.25, -0.2) is 0 Å². The summed E-state index contributed by atoms with van der Waals surface area (Å²) in [7, 11) is 0. The molecule has 0 aromatic heterocycles. The maximum Gasteiger partial charge on any atom is 0.0431 e. The molecule has 0 spiro atoms. The summed E-state index contributed by atoms with van der Waals surface area (Å²) in [6.07, 6.45) is 3.33. The first-order valence-corrected chi connectivity index (χ1v) is 5.02. The Bertz CT molecular complexity index is 242. The Labute approximate surface area is 80.4 Å². The van der Waals surface area contributed by atoms with Crippen LogP contribution in [0.2, 0.25) is 0 Å². The van der Waals surface area contributed by atoms with Gasteiger partial charge in [0.2, 0.25) is 0 Å². The van der Waals surface area contributed by atoms with E-state index in [9.17, 15) is 0 Å². The van der Waals surface area contributed by atoms with E-state index in [1.165, 1.54) is 23.1 Å². The fourth-order valence-electron chi connectivity index (χ4n) is 1.35. The van der Waals surface area contributed by atoms with Crippen molar-refractivity contribution in [3.63, 3.8) is 0 Å². The van der Waals surface area contributed by atoms with Gasteiger partial charge in [0.25, 0.3) is 0 Å². The predicted octanol–water partition coefficient (Wildman–Crippen LogP) is 3.14. The summed E-state index contributed by atoms with van der Waals surface area (Å²) < 4.78 is 0. The average molecular weight is 178 g/mol. The molecule has 0 aliphatic heterocycles. The van der Waals surface area contributed by atoms with Crippen LogP contribution in [0, 0.1) is 6.92 Å². The number of rotatable bonds is 3. The average Bonchev–Trinajstić information content (AvgIpc) is 2.63. The molecule has 0 atom stereocenters. The van der Waals surface area contributed by atoms with Gasteiger partial charge >= 0.3 is 0 Å². The first-order chi connectivity index (χ1) is 6.31. The van der Waals surface area contributed by atoms with Crippen LogP contribution in [0.4, 0.5) is 0 Å². The Morgan fingerprint density at radius 2 is 1.77 bits per heavy atom. The molecule has 0 unspecified atom stereocenters. The summed E-state index contributed by atoms with van der Waals surface area (Å²) in [6.45, 7) is 4.63. The lowest BCUT2D eigenvalue weighted by Crippen LogP contribution is -1.78. The number of hydrogen-bond donors (Lipinski definition) is 1. The molecule has 0 aromatic carbocycles. The highest BCUT2D eigenvalue weighted by Crippen LogP contribution is 2.40. The number of fused-ring (bicyclic) bond motifs is 1. The molecular formula is C12H18O. The van der Waals surface area contributed by atoms with E-state index in [4.69, 9.17) is 5.11 Å². The molecule has 2 aliphatic rings. The summed E-state index contributed by atoms with van der Waals surface area (Å²) >= 11 is 0. The SMILES string of the molecule is CCCCCO.Cc1c2cccc1-2. The summed E-state index contributed by atoms with van der Waals surface area (Å²) in [6, 6.07) is 6.41. The van der Waals surface area contributed by atoms with Gasteiger partial charge in [0.15, 0.2) is 0 Å². The molecule has 0 bridgehead atoms. The van der Waals surface area contributed by atoms with Crippen molar-refractivity contribution < 1.29 is 5.11 Å². The molecule has 0 saturated carbocycles. The van der Waals surface area contributed by atoms with E-state index in [2.05, 4.69) is 32.0 Å². The van der Waals surface area contributed by atoms with Crippen LogP contribution in [-0.2, 0) is 0 Å². The smallest absolute Gasteiger partial charge is 0.0431 e. The fraction of sp³-hybridized carbons (Fsp3) is 0.500. The molecule has 2 aliphatic carbocycles. The van der Waals surface area contributed by atoms with Gasteiger partial charge in [0, 0.05) is 6.61 Å². The van der Waals surface area contributed by atoms with E-state index in [1.807, 2.05) is 0 Å². The van der Waals surface area contributed by atoms with Crippen LogP contribution in [0.5, 0.6) is 0 Å². The molecule has 0 heterocycles. The molecule has 0 amide bonds. The number of benzene rings is 1. The lowest BCUT2D eigenvalue weighted by molar-refractivity contribution is 0.284. The van der Waals surface area contributed by atoms with Gasteiger partial charge in [-0.15, -0.1) is 0 Å². The summed E-state index contributed by atoms with van der Waals surface area (Å²) in [5, 5.41) is 8.20. The van der Waals surface area contributed by atoms with Crippen LogP contribution in [0.15, 0.2) is 18.2 Å². The van der Waals surface area contributed by atoms with Gasteiger partial charge in [0.05, 0.1) is 0 Å². The Morgan fingerprint density at radius 1 is 1.15 bits per heavy atom. The predicted molar refractivity (Wildman–Crippen MR) is 56.8 cm³/mol. The number of aliphatic hydroxyl groups is 1. The van der Waals surface area contributed by atoms with Gasteiger partial charge < -0.3 is 5.11 Å². The Hall–Kier alpha value is -0.820. The van der Waals surface area contributed by atoms with Crippen LogP contribution >= 0.6 is 0 Å². The normalized spacial score (nSPS) is 10.4. The van der Waals surface area contributed by atoms with Crippen molar-refractivity contribution in [2.24, 2.45) is 0 Å². The highest BCUT2D eigenvalue weighted by molar-refractivity contribution is 5.88. The molecule has 1 nitrogen and oxygen atoms in total. The third kappa shape index (κ3) is 2.85. The Balaban J connectivity index is 0.000000133. The van der Waals surface area contributed by atoms with Gasteiger partial charge in [-0.1, -0.05) is 38.0 Å². The van der Waals surface area contributed by atoms with Crippen LogP contribution in [0.3, 0.4) is 0 Å². The van der Waals surface area contributed by atoms with E-state index in [-0.39, 0.29) is 0 Å². The highest BCUT2D eigenvalue weighted by Gasteiger charge is 2.17. The Kier molecular flexibility index (Phi) is 3.97. The fourth-order valence-corrected chi connectivity index (χ4v) is 1.35. The highest BCUT2D eigenvalue weighted by atomic mass is 16.2. The van der Waals surface area contributed by atoms with Crippen molar-refractivity contribution in [1.29, 1.82) is 0 Å². The second kappa shape index (κ2) is 5.03. The maximum atomic E-state index is 8.20. The maximum absolute atomic E-state index is 8.20. The molecule has 1 heteroatoms. The zero-order chi connectivity index (χ0) is 9.68. The molecule has 2 rings (SSSR count). The van der Waals surface area contributed by atoms with Crippen molar-refractivity contribution in [3.05, 3.63) is 23.8 Å². The molecule has 1 N–H and O–H groups in total. The first-order valence-electron chi connectivity index (χ1n) is 5.02. The molecule has 0 radical (unpaired) electrons. The quantitative estimate of drug-likeness (QED) is 0.716. The largest absolute Gasteiger partial charge is 0.396 e. The van der Waals surface area contributed by atoms with Crippen LogP contribution in [0.1, 0.15) is 31.7 Å². The zero-order valence-electron chi connectivity index (χ0n) is 8.51. The second-order valence-corrected chi connectivity index (χ2v) is 3.41. The van der Waals surface area contributed by atoms with Crippen molar-refractivity contribution >= 4 is 0 Å². The van der Waals surface area contributed by atoms with Crippen molar-refractivity contribution in [2.45, 2.75) is 33.1 Å². The van der Waals surface area contributed by atoms with Crippen molar-refractivity contribution in [1.82, 2.24) is 0 Å². The third-order valence-corrected chi connectivity index (χ3v) is 2.32. The first kappa shape index (κ1) is 10.3. The molecule has 0 aromatic rings. The number of hydrogen-bond acceptors (Lipinski definition) is 1. The number of aliphatic hydroxyl groups excluding tert-OH is 1. The summed E-state index contributed by atoms with van der Waals surface area (Å²) in [5.74, 6) is 0. The minimum Gasteiger partial charge on any atom is -0.396 e. The second-order valence-electron chi connectivity index (χ2n) is 3.41. The summed E-state index contributed by atoms with van der Waals surface area (Å²) in [4.78, 5) is 0. The van der Waals surface area contributed by atoms with E-state index >= 15 is 0 Å². The topological polar surface area (TPSA) is 20.2 Å².